The molecular weight excluding hydrogens is 366 g/mol. The molecule has 7 heteroatoms. The van der Waals surface area contributed by atoms with Gasteiger partial charge in [0.1, 0.15) is 11.8 Å². The van der Waals surface area contributed by atoms with E-state index in [0.29, 0.717) is 11.0 Å². The van der Waals surface area contributed by atoms with Gasteiger partial charge in [-0.3, -0.25) is 0 Å². The standard InChI is InChI=1S/C20H24ClN3O3/c1-13-5-6-16(22-20(26)24-7-3-4-8-24)11-17(13)15-9-18(21)23-19(10-15)27-12-14(2)25/h5-6,9-11,14,25H,3-4,7-8,12H2,1-2H3,(H,22,26)/t14-/m1/s1. The molecule has 0 spiro atoms. The number of likely N-dealkylation sites (tertiary alicyclic amines) is 1. The number of aromatic nitrogens is 1. The third-order valence-corrected chi connectivity index (χ3v) is 4.63. The molecule has 0 saturated carbocycles. The summed E-state index contributed by atoms with van der Waals surface area (Å²) < 4.78 is 5.49. The van der Waals surface area contributed by atoms with Gasteiger partial charge in [0.15, 0.2) is 0 Å². The van der Waals surface area contributed by atoms with E-state index in [4.69, 9.17) is 16.3 Å². The Morgan fingerprint density at radius 2 is 2.07 bits per heavy atom. The van der Waals surface area contributed by atoms with Crippen molar-refractivity contribution in [1.29, 1.82) is 0 Å². The first-order valence-corrected chi connectivity index (χ1v) is 9.45. The number of pyridine rings is 1. The van der Waals surface area contributed by atoms with E-state index in [-0.39, 0.29) is 12.6 Å². The van der Waals surface area contributed by atoms with Crippen molar-refractivity contribution in [2.24, 2.45) is 0 Å². The fourth-order valence-corrected chi connectivity index (χ4v) is 3.24. The van der Waals surface area contributed by atoms with Gasteiger partial charge in [-0.15, -0.1) is 0 Å². The molecule has 2 aromatic rings. The van der Waals surface area contributed by atoms with Crippen LogP contribution in [-0.2, 0) is 0 Å². The Kier molecular flexibility index (Phi) is 6.19. The van der Waals surface area contributed by atoms with Gasteiger partial charge in [-0.05, 0) is 61.6 Å². The molecule has 1 aliphatic heterocycles. The van der Waals surface area contributed by atoms with Crippen molar-refractivity contribution in [1.82, 2.24) is 9.88 Å². The normalized spacial score (nSPS) is 14.9. The van der Waals surface area contributed by atoms with Crippen LogP contribution in [0.25, 0.3) is 11.1 Å². The maximum Gasteiger partial charge on any atom is 0.321 e. The van der Waals surface area contributed by atoms with Crippen molar-refractivity contribution >= 4 is 23.3 Å². The number of carbonyl (C=O) groups excluding carboxylic acids is 1. The fraction of sp³-hybridized carbons (Fsp3) is 0.400. The van der Waals surface area contributed by atoms with Crippen LogP contribution >= 0.6 is 11.6 Å². The predicted octanol–water partition coefficient (Wildman–Crippen LogP) is 4.10. The summed E-state index contributed by atoms with van der Waals surface area (Å²) in [5.74, 6) is 0.351. The minimum Gasteiger partial charge on any atom is -0.475 e. The van der Waals surface area contributed by atoms with E-state index in [0.717, 1.165) is 48.3 Å². The summed E-state index contributed by atoms with van der Waals surface area (Å²) in [7, 11) is 0. The molecule has 0 aliphatic carbocycles. The molecular formula is C20H24ClN3O3. The average molecular weight is 390 g/mol. The average Bonchev–Trinajstić information content (AvgIpc) is 3.16. The highest BCUT2D eigenvalue weighted by molar-refractivity contribution is 6.29. The minimum atomic E-state index is -0.597. The lowest BCUT2D eigenvalue weighted by molar-refractivity contribution is 0.120. The highest BCUT2D eigenvalue weighted by atomic mass is 35.5. The van der Waals surface area contributed by atoms with Gasteiger partial charge in [-0.2, -0.15) is 0 Å². The lowest BCUT2D eigenvalue weighted by Gasteiger charge is -2.17. The van der Waals surface area contributed by atoms with Crippen molar-refractivity contribution in [2.75, 3.05) is 25.0 Å². The maximum absolute atomic E-state index is 12.3. The van der Waals surface area contributed by atoms with E-state index in [2.05, 4.69) is 10.3 Å². The van der Waals surface area contributed by atoms with Crippen LogP contribution in [0.3, 0.4) is 0 Å². The molecule has 1 aliphatic rings. The van der Waals surface area contributed by atoms with Gasteiger partial charge in [0.2, 0.25) is 5.88 Å². The van der Waals surface area contributed by atoms with Crippen LogP contribution < -0.4 is 10.1 Å². The number of halogens is 1. The van der Waals surface area contributed by atoms with Crippen LogP contribution in [-0.4, -0.2) is 46.8 Å². The lowest BCUT2D eigenvalue weighted by Crippen LogP contribution is -2.32. The van der Waals surface area contributed by atoms with E-state index in [1.807, 2.05) is 30.0 Å². The van der Waals surface area contributed by atoms with Crippen LogP contribution in [0.5, 0.6) is 5.88 Å². The smallest absolute Gasteiger partial charge is 0.321 e. The Morgan fingerprint density at radius 1 is 1.33 bits per heavy atom. The topological polar surface area (TPSA) is 74.7 Å². The quantitative estimate of drug-likeness (QED) is 0.755. The minimum absolute atomic E-state index is 0.0731. The number of nitrogens with one attached hydrogen (secondary N) is 1. The summed E-state index contributed by atoms with van der Waals surface area (Å²) in [5, 5.41) is 12.7. The van der Waals surface area contributed by atoms with E-state index in [9.17, 15) is 9.90 Å². The second kappa shape index (κ2) is 8.59. The summed E-state index contributed by atoms with van der Waals surface area (Å²) in [4.78, 5) is 18.3. The Bertz CT molecular complexity index is 820. The van der Waals surface area contributed by atoms with E-state index >= 15 is 0 Å². The summed E-state index contributed by atoms with van der Waals surface area (Å²) in [5.41, 5.74) is 3.54. The van der Waals surface area contributed by atoms with Crippen LogP contribution in [0.4, 0.5) is 10.5 Å². The molecule has 3 rings (SSSR count). The van der Waals surface area contributed by atoms with Crippen LogP contribution in [0, 0.1) is 6.92 Å². The van der Waals surface area contributed by atoms with Crippen molar-refractivity contribution in [2.45, 2.75) is 32.8 Å². The number of aliphatic hydroxyl groups excluding tert-OH is 1. The zero-order valence-corrected chi connectivity index (χ0v) is 16.3. The molecule has 1 saturated heterocycles. The molecule has 0 radical (unpaired) electrons. The number of aryl methyl sites for hydroxylation is 1. The first-order valence-electron chi connectivity index (χ1n) is 9.08. The number of rotatable bonds is 5. The molecule has 1 fully saturated rings. The van der Waals surface area contributed by atoms with E-state index < -0.39 is 6.10 Å². The molecule has 1 atom stereocenters. The summed E-state index contributed by atoms with van der Waals surface area (Å²) in [6.07, 6.45) is 1.51. The summed E-state index contributed by atoms with van der Waals surface area (Å²) in [6.45, 7) is 5.37. The van der Waals surface area contributed by atoms with Gasteiger partial charge < -0.3 is 20.1 Å². The SMILES string of the molecule is Cc1ccc(NC(=O)N2CCCC2)cc1-c1cc(Cl)nc(OC[C@@H](C)O)c1. The lowest BCUT2D eigenvalue weighted by atomic mass is 10.0. The molecule has 2 N–H and O–H groups in total. The zero-order valence-electron chi connectivity index (χ0n) is 15.5. The second-order valence-electron chi connectivity index (χ2n) is 6.83. The van der Waals surface area contributed by atoms with Crippen molar-refractivity contribution < 1.29 is 14.6 Å². The largest absolute Gasteiger partial charge is 0.475 e. The van der Waals surface area contributed by atoms with E-state index in [1.54, 1.807) is 19.1 Å². The van der Waals surface area contributed by atoms with Gasteiger partial charge in [0.05, 0.1) is 6.10 Å². The van der Waals surface area contributed by atoms with Crippen molar-refractivity contribution in [3.63, 3.8) is 0 Å². The number of urea groups is 1. The van der Waals surface area contributed by atoms with Crippen LogP contribution in [0.15, 0.2) is 30.3 Å². The number of hydrogen-bond donors (Lipinski definition) is 2. The first-order chi connectivity index (χ1) is 12.9. The van der Waals surface area contributed by atoms with Crippen LogP contribution in [0.1, 0.15) is 25.3 Å². The number of carbonyl (C=O) groups is 1. The van der Waals surface area contributed by atoms with Gasteiger partial charge in [0, 0.05) is 24.8 Å². The monoisotopic (exact) mass is 389 g/mol. The molecule has 2 heterocycles. The third kappa shape index (κ3) is 5.11. The molecule has 27 heavy (non-hydrogen) atoms. The van der Waals surface area contributed by atoms with Gasteiger partial charge in [0.25, 0.3) is 0 Å². The number of aliphatic hydroxyl groups is 1. The molecule has 1 aromatic carbocycles. The van der Waals surface area contributed by atoms with Gasteiger partial charge in [-0.25, -0.2) is 9.78 Å². The molecule has 1 aromatic heterocycles. The molecule has 2 amide bonds. The zero-order chi connectivity index (χ0) is 19.4. The Morgan fingerprint density at radius 3 is 2.78 bits per heavy atom. The maximum atomic E-state index is 12.3. The number of hydrogen-bond acceptors (Lipinski definition) is 4. The summed E-state index contributed by atoms with van der Waals surface area (Å²) in [6, 6.07) is 9.23. The predicted molar refractivity (Wildman–Crippen MR) is 106 cm³/mol. The summed E-state index contributed by atoms with van der Waals surface area (Å²) >= 11 is 6.15. The highest BCUT2D eigenvalue weighted by Crippen LogP contribution is 2.31. The van der Waals surface area contributed by atoms with Crippen LogP contribution in [0.2, 0.25) is 5.15 Å². The van der Waals surface area contributed by atoms with E-state index in [1.165, 1.54) is 0 Å². The van der Waals surface area contributed by atoms with Gasteiger partial charge >= 0.3 is 6.03 Å². The third-order valence-electron chi connectivity index (χ3n) is 4.44. The molecule has 144 valence electrons. The molecule has 0 unspecified atom stereocenters. The van der Waals surface area contributed by atoms with Crippen molar-refractivity contribution in [3.05, 3.63) is 41.0 Å². The second-order valence-corrected chi connectivity index (χ2v) is 7.22. The van der Waals surface area contributed by atoms with Crippen molar-refractivity contribution in [3.8, 4) is 17.0 Å². The Labute approximate surface area is 164 Å². The highest BCUT2D eigenvalue weighted by Gasteiger charge is 2.18. The fourth-order valence-electron chi connectivity index (χ4n) is 3.04. The Hall–Kier alpha value is -2.31. The Balaban J connectivity index is 1.84. The number of benzene rings is 1. The number of anilines is 1. The molecule has 0 bridgehead atoms. The number of ether oxygens (including phenoxy) is 1. The van der Waals surface area contributed by atoms with Gasteiger partial charge in [-0.1, -0.05) is 17.7 Å². The molecule has 6 nitrogen and oxygen atoms in total. The number of nitrogens with zero attached hydrogens (tertiary/aromatic N) is 2. The first kappa shape index (κ1) is 19.5. The number of amides is 2.